The molecule has 2 N–H and O–H groups in total. The van der Waals surface area contributed by atoms with Crippen LogP contribution in [0, 0.1) is 5.92 Å². The molecule has 0 spiro atoms. The molecule has 0 fully saturated rings. The first-order chi connectivity index (χ1) is 9.51. The molecule has 110 valence electrons. The number of rotatable bonds is 7. The molecule has 4 nitrogen and oxygen atoms in total. The highest BCUT2D eigenvalue weighted by Gasteiger charge is 2.20. The minimum Gasteiger partial charge on any atom is -0.493 e. The van der Waals surface area contributed by atoms with E-state index in [4.69, 9.17) is 22.7 Å². The van der Waals surface area contributed by atoms with E-state index in [1.54, 1.807) is 11.0 Å². The lowest BCUT2D eigenvalue weighted by Gasteiger charge is -2.25. The Labute approximate surface area is 125 Å². The van der Waals surface area contributed by atoms with Crippen LogP contribution >= 0.6 is 12.2 Å². The number of carbonyl (C=O) groups is 1. The summed E-state index contributed by atoms with van der Waals surface area (Å²) in [6.07, 6.45) is 0. The molecule has 20 heavy (non-hydrogen) atoms. The van der Waals surface area contributed by atoms with Crippen molar-refractivity contribution in [2.75, 3.05) is 19.7 Å². The molecular weight excluding hydrogens is 272 g/mol. The zero-order valence-electron chi connectivity index (χ0n) is 12.3. The first-order valence-electron chi connectivity index (χ1n) is 6.81. The van der Waals surface area contributed by atoms with Gasteiger partial charge in [0.25, 0.3) is 5.91 Å². The normalized spacial score (nSPS) is 11.8. The Balaban J connectivity index is 2.93. The molecule has 0 aromatic heterocycles. The van der Waals surface area contributed by atoms with Gasteiger partial charge in [-0.05, 0) is 26.0 Å². The Bertz CT molecular complexity index is 477. The molecule has 0 aliphatic heterocycles. The van der Waals surface area contributed by atoms with Crippen LogP contribution in [0.2, 0.25) is 0 Å². The second-order valence-corrected chi connectivity index (χ2v) is 5.05. The predicted octanol–water partition coefficient (Wildman–Crippen LogP) is 2.47. The standard InChI is InChI=1S/C15H22N2O2S/c1-4-17(10-11(3)14(16)20)15(18)12-8-6-7-9-13(12)19-5-2/h6-9,11H,4-5,10H2,1-3H3,(H2,16,20). The summed E-state index contributed by atoms with van der Waals surface area (Å²) in [5.41, 5.74) is 6.20. The average molecular weight is 294 g/mol. The molecule has 5 heteroatoms. The van der Waals surface area contributed by atoms with Gasteiger partial charge in [0.15, 0.2) is 0 Å². The first kappa shape index (κ1) is 16.4. The fourth-order valence-corrected chi connectivity index (χ4v) is 1.95. The fourth-order valence-electron chi connectivity index (χ4n) is 1.87. The topological polar surface area (TPSA) is 55.6 Å². The molecule has 1 amide bonds. The number of thiocarbonyl (C=S) groups is 1. The van der Waals surface area contributed by atoms with E-state index in [-0.39, 0.29) is 11.8 Å². The van der Waals surface area contributed by atoms with E-state index >= 15 is 0 Å². The average Bonchev–Trinajstić information content (AvgIpc) is 2.44. The van der Waals surface area contributed by atoms with Gasteiger partial charge in [-0.1, -0.05) is 31.3 Å². The molecule has 1 aromatic carbocycles. The third-order valence-electron chi connectivity index (χ3n) is 3.07. The van der Waals surface area contributed by atoms with Crippen molar-refractivity contribution in [1.82, 2.24) is 4.90 Å². The fraction of sp³-hybridized carbons (Fsp3) is 0.467. The smallest absolute Gasteiger partial charge is 0.257 e. The second kappa shape index (κ2) is 7.85. The summed E-state index contributed by atoms with van der Waals surface area (Å²) in [7, 11) is 0. The SMILES string of the molecule is CCOc1ccccc1C(=O)N(CC)CC(C)C(N)=S. The van der Waals surface area contributed by atoms with E-state index in [0.717, 1.165) is 0 Å². The molecule has 1 atom stereocenters. The van der Waals surface area contributed by atoms with E-state index in [2.05, 4.69) is 0 Å². The quantitative estimate of drug-likeness (QED) is 0.785. The van der Waals surface area contributed by atoms with Gasteiger partial charge in [0.05, 0.1) is 17.2 Å². The van der Waals surface area contributed by atoms with Crippen LogP contribution in [0.3, 0.4) is 0 Å². The Kier molecular flexibility index (Phi) is 6.45. The van der Waals surface area contributed by atoms with Crippen molar-refractivity contribution in [3.8, 4) is 5.75 Å². The van der Waals surface area contributed by atoms with Gasteiger partial charge < -0.3 is 15.4 Å². The van der Waals surface area contributed by atoms with Crippen molar-refractivity contribution >= 4 is 23.1 Å². The molecule has 0 saturated carbocycles. The number of nitrogens with two attached hydrogens (primary N) is 1. The van der Waals surface area contributed by atoms with E-state index in [9.17, 15) is 4.79 Å². The lowest BCUT2D eigenvalue weighted by Crippen LogP contribution is -2.38. The monoisotopic (exact) mass is 294 g/mol. The maximum absolute atomic E-state index is 12.6. The van der Waals surface area contributed by atoms with Crippen molar-refractivity contribution in [3.63, 3.8) is 0 Å². The van der Waals surface area contributed by atoms with Crippen molar-refractivity contribution < 1.29 is 9.53 Å². The van der Waals surface area contributed by atoms with Crippen LogP contribution in [0.15, 0.2) is 24.3 Å². The van der Waals surface area contributed by atoms with Gasteiger partial charge in [-0.3, -0.25) is 4.79 Å². The Morgan fingerprint density at radius 3 is 2.60 bits per heavy atom. The number of hydrogen-bond donors (Lipinski definition) is 1. The van der Waals surface area contributed by atoms with Crippen LogP contribution in [-0.4, -0.2) is 35.5 Å². The summed E-state index contributed by atoms with van der Waals surface area (Å²) < 4.78 is 5.51. The van der Waals surface area contributed by atoms with E-state index in [1.807, 2.05) is 39.0 Å². The predicted molar refractivity (Wildman–Crippen MR) is 85.1 cm³/mol. The number of carbonyl (C=O) groups excluding carboxylic acids is 1. The van der Waals surface area contributed by atoms with Crippen LogP contribution in [-0.2, 0) is 0 Å². The zero-order valence-corrected chi connectivity index (χ0v) is 13.1. The summed E-state index contributed by atoms with van der Waals surface area (Å²) >= 11 is 4.97. The van der Waals surface area contributed by atoms with Crippen LogP contribution in [0.1, 0.15) is 31.1 Å². The number of benzene rings is 1. The van der Waals surface area contributed by atoms with Crippen LogP contribution in [0.5, 0.6) is 5.75 Å². The minimum absolute atomic E-state index is 0.00634. The lowest BCUT2D eigenvalue weighted by atomic mass is 10.1. The highest BCUT2D eigenvalue weighted by atomic mass is 32.1. The van der Waals surface area contributed by atoms with E-state index < -0.39 is 0 Å². The Morgan fingerprint density at radius 2 is 2.05 bits per heavy atom. The third kappa shape index (κ3) is 4.20. The van der Waals surface area contributed by atoms with Crippen molar-refractivity contribution in [2.24, 2.45) is 11.7 Å². The van der Waals surface area contributed by atoms with Crippen molar-refractivity contribution in [3.05, 3.63) is 29.8 Å². The molecule has 0 saturated heterocycles. The van der Waals surface area contributed by atoms with Crippen LogP contribution in [0.4, 0.5) is 0 Å². The molecule has 0 aliphatic rings. The molecule has 1 aromatic rings. The molecular formula is C15H22N2O2S. The Hall–Kier alpha value is -1.62. The number of ether oxygens (including phenoxy) is 1. The summed E-state index contributed by atoms with van der Waals surface area (Å²) in [6.45, 7) is 7.41. The largest absolute Gasteiger partial charge is 0.493 e. The van der Waals surface area contributed by atoms with Crippen molar-refractivity contribution in [2.45, 2.75) is 20.8 Å². The van der Waals surface area contributed by atoms with Gasteiger partial charge in [-0.15, -0.1) is 0 Å². The first-order valence-corrected chi connectivity index (χ1v) is 7.22. The minimum atomic E-state index is -0.0559. The molecule has 1 unspecified atom stereocenters. The second-order valence-electron chi connectivity index (χ2n) is 4.58. The summed E-state index contributed by atoms with van der Waals surface area (Å²) in [6, 6.07) is 7.28. The van der Waals surface area contributed by atoms with E-state index in [1.165, 1.54) is 0 Å². The summed E-state index contributed by atoms with van der Waals surface area (Å²) in [5, 5.41) is 0. The number of amides is 1. The number of para-hydroxylation sites is 1. The Morgan fingerprint density at radius 1 is 1.40 bits per heavy atom. The summed E-state index contributed by atoms with van der Waals surface area (Å²) in [4.78, 5) is 14.8. The van der Waals surface area contributed by atoms with Gasteiger partial charge in [0, 0.05) is 19.0 Å². The third-order valence-corrected chi connectivity index (χ3v) is 3.47. The van der Waals surface area contributed by atoms with Gasteiger partial charge in [-0.2, -0.15) is 0 Å². The number of hydrogen-bond acceptors (Lipinski definition) is 3. The van der Waals surface area contributed by atoms with E-state index in [0.29, 0.717) is 36.0 Å². The van der Waals surface area contributed by atoms with Crippen molar-refractivity contribution in [1.29, 1.82) is 0 Å². The molecule has 0 heterocycles. The van der Waals surface area contributed by atoms with Gasteiger partial charge in [-0.25, -0.2) is 0 Å². The maximum atomic E-state index is 12.6. The van der Waals surface area contributed by atoms with Gasteiger partial charge in [0.2, 0.25) is 0 Å². The van der Waals surface area contributed by atoms with Crippen LogP contribution < -0.4 is 10.5 Å². The molecule has 0 radical (unpaired) electrons. The molecule has 0 bridgehead atoms. The highest BCUT2D eigenvalue weighted by molar-refractivity contribution is 7.80. The summed E-state index contributed by atoms with van der Waals surface area (Å²) in [5.74, 6) is 0.550. The zero-order chi connectivity index (χ0) is 15.1. The van der Waals surface area contributed by atoms with Gasteiger partial charge in [0.1, 0.15) is 5.75 Å². The van der Waals surface area contributed by atoms with Gasteiger partial charge >= 0.3 is 0 Å². The number of nitrogens with zero attached hydrogens (tertiary/aromatic N) is 1. The van der Waals surface area contributed by atoms with Crippen LogP contribution in [0.25, 0.3) is 0 Å². The molecule has 0 aliphatic carbocycles. The molecule has 1 rings (SSSR count). The maximum Gasteiger partial charge on any atom is 0.257 e. The lowest BCUT2D eigenvalue weighted by molar-refractivity contribution is 0.0750. The highest BCUT2D eigenvalue weighted by Crippen LogP contribution is 2.20.